The molecule has 1 N–H and O–H groups in total. The van der Waals surface area contributed by atoms with Crippen LogP contribution in [0.2, 0.25) is 0 Å². The molecule has 2 heterocycles. The van der Waals surface area contributed by atoms with Crippen LogP contribution in [0.25, 0.3) is 0 Å². The molecule has 1 aliphatic rings. The summed E-state index contributed by atoms with van der Waals surface area (Å²) >= 11 is 3.25. The third-order valence-electron chi connectivity index (χ3n) is 5.17. The van der Waals surface area contributed by atoms with E-state index < -0.39 is 0 Å². The zero-order valence-electron chi connectivity index (χ0n) is 16.9. The number of carbonyl (C=O) groups is 1. The first kappa shape index (κ1) is 20.8. The molecule has 2 aromatic carbocycles. The number of aromatic nitrogens is 1. The fourth-order valence-electron chi connectivity index (χ4n) is 3.71. The van der Waals surface area contributed by atoms with E-state index in [-0.39, 0.29) is 11.9 Å². The summed E-state index contributed by atoms with van der Waals surface area (Å²) in [6, 6.07) is 16.0. The molecule has 30 heavy (non-hydrogen) atoms. The normalized spacial score (nSPS) is 16.3. The van der Waals surface area contributed by atoms with E-state index in [0.29, 0.717) is 0 Å². The molecule has 1 fully saturated rings. The zero-order valence-corrected chi connectivity index (χ0v) is 18.5. The fourth-order valence-corrected chi connectivity index (χ4v) is 5.32. The third kappa shape index (κ3) is 4.96. The van der Waals surface area contributed by atoms with Gasteiger partial charge in [0.2, 0.25) is 0 Å². The van der Waals surface area contributed by atoms with Gasteiger partial charge in [-0.25, -0.2) is 4.98 Å². The molecule has 1 saturated heterocycles. The maximum absolute atomic E-state index is 13.1. The number of nitrogens with zero attached hydrogens (tertiary/aromatic N) is 2. The Morgan fingerprint density at radius 1 is 1.27 bits per heavy atom. The number of rotatable bonds is 7. The number of nitrogens with one attached hydrogen (secondary N) is 1. The van der Waals surface area contributed by atoms with Gasteiger partial charge in [0.25, 0.3) is 5.91 Å². The molecule has 0 saturated carbocycles. The van der Waals surface area contributed by atoms with Crippen LogP contribution in [0.1, 0.15) is 28.9 Å². The lowest BCUT2D eigenvalue weighted by molar-refractivity contribution is 0.0930. The number of thiazole rings is 1. The Balaban J connectivity index is 1.42. The Hall–Kier alpha value is -2.51. The van der Waals surface area contributed by atoms with Crippen LogP contribution >= 0.6 is 23.1 Å². The summed E-state index contributed by atoms with van der Waals surface area (Å²) in [4.78, 5) is 20.7. The summed E-state index contributed by atoms with van der Waals surface area (Å²) in [7, 11) is 1.70. The Morgan fingerprint density at radius 3 is 2.93 bits per heavy atom. The quantitative estimate of drug-likeness (QED) is 0.534. The Kier molecular flexibility index (Phi) is 6.92. The Labute approximate surface area is 185 Å². The minimum atomic E-state index is -0.0109. The molecule has 3 aromatic rings. The lowest BCUT2D eigenvalue weighted by atomic mass is 10.0. The number of methoxy groups -OCH3 is 1. The first-order chi connectivity index (χ1) is 14.7. The molecule has 1 unspecified atom stereocenters. The van der Waals surface area contributed by atoms with E-state index in [4.69, 9.17) is 4.74 Å². The van der Waals surface area contributed by atoms with E-state index in [2.05, 4.69) is 21.3 Å². The van der Waals surface area contributed by atoms with Gasteiger partial charge in [-0.2, -0.15) is 0 Å². The van der Waals surface area contributed by atoms with Gasteiger partial charge in [-0.05, 0) is 37.1 Å². The van der Waals surface area contributed by atoms with Crippen molar-refractivity contribution in [3.63, 3.8) is 0 Å². The van der Waals surface area contributed by atoms with E-state index in [0.717, 1.165) is 59.3 Å². The molecule has 0 radical (unpaired) electrons. The molecule has 1 aliphatic heterocycles. The number of para-hydroxylation sites is 2. The average Bonchev–Trinajstić information content (AvgIpc) is 3.32. The molecule has 156 valence electrons. The average molecular weight is 440 g/mol. The molecule has 1 amide bonds. The highest BCUT2D eigenvalue weighted by Crippen LogP contribution is 2.30. The van der Waals surface area contributed by atoms with Crippen molar-refractivity contribution in [3.8, 4) is 5.75 Å². The smallest absolute Gasteiger partial charge is 0.252 e. The minimum Gasteiger partial charge on any atom is -0.495 e. The summed E-state index contributed by atoms with van der Waals surface area (Å²) in [5.41, 5.74) is 4.69. The lowest BCUT2D eigenvalue weighted by Crippen LogP contribution is -2.48. The van der Waals surface area contributed by atoms with E-state index in [9.17, 15) is 4.79 Å². The highest BCUT2D eigenvalue weighted by Gasteiger charge is 2.24. The molecule has 0 aliphatic carbocycles. The number of hydrogen-bond acceptors (Lipinski definition) is 6. The molecule has 1 aromatic heterocycles. The third-order valence-corrected chi connectivity index (χ3v) is 6.92. The topological polar surface area (TPSA) is 54.5 Å². The predicted molar refractivity (Wildman–Crippen MR) is 124 cm³/mol. The van der Waals surface area contributed by atoms with Crippen LogP contribution in [0.3, 0.4) is 0 Å². The summed E-state index contributed by atoms with van der Waals surface area (Å²) in [6.07, 6.45) is 2.01. The first-order valence-corrected chi connectivity index (χ1v) is 11.9. The number of piperidine rings is 1. The van der Waals surface area contributed by atoms with Crippen molar-refractivity contribution in [2.45, 2.75) is 29.5 Å². The van der Waals surface area contributed by atoms with E-state index in [1.165, 1.54) is 0 Å². The number of benzene rings is 2. The molecule has 5 nitrogen and oxygen atoms in total. The van der Waals surface area contributed by atoms with Crippen molar-refractivity contribution in [3.05, 3.63) is 70.7 Å². The number of thioether (sulfide) groups is 1. The summed E-state index contributed by atoms with van der Waals surface area (Å²) in [5.74, 6) is 1.62. The van der Waals surface area contributed by atoms with Crippen molar-refractivity contribution < 1.29 is 9.53 Å². The maximum atomic E-state index is 13.1. The second kappa shape index (κ2) is 10.00. The van der Waals surface area contributed by atoms with E-state index in [1.807, 2.05) is 53.4 Å². The molecule has 7 heteroatoms. The van der Waals surface area contributed by atoms with Crippen LogP contribution in [0.4, 0.5) is 5.69 Å². The summed E-state index contributed by atoms with van der Waals surface area (Å²) in [6.45, 7) is 1.74. The molecular formula is C23H25N3O2S2. The molecule has 4 rings (SSSR count). The SMILES string of the molecule is COc1ccccc1N1CCCC(NC(=O)c2ccccc2SCc2cscn2)C1. The van der Waals surface area contributed by atoms with Gasteiger partial charge < -0.3 is 15.0 Å². The highest BCUT2D eigenvalue weighted by atomic mass is 32.2. The number of anilines is 1. The van der Waals surface area contributed by atoms with E-state index >= 15 is 0 Å². The minimum absolute atomic E-state index is 0.0109. The van der Waals surface area contributed by atoms with Gasteiger partial charge in [0, 0.05) is 35.2 Å². The molecule has 1 atom stereocenters. The van der Waals surface area contributed by atoms with Crippen molar-refractivity contribution in [1.82, 2.24) is 10.3 Å². The summed E-state index contributed by atoms with van der Waals surface area (Å²) < 4.78 is 5.52. The van der Waals surface area contributed by atoms with Crippen LogP contribution in [-0.4, -0.2) is 37.1 Å². The Bertz CT molecular complexity index is 978. The largest absolute Gasteiger partial charge is 0.495 e. The van der Waals surface area contributed by atoms with Crippen LogP contribution in [0.5, 0.6) is 5.75 Å². The summed E-state index contributed by atoms with van der Waals surface area (Å²) in [5, 5.41) is 5.30. The number of carbonyl (C=O) groups excluding carboxylic acids is 1. The van der Waals surface area contributed by atoms with Gasteiger partial charge in [0.05, 0.1) is 29.6 Å². The van der Waals surface area contributed by atoms with Crippen LogP contribution < -0.4 is 15.0 Å². The lowest BCUT2D eigenvalue weighted by Gasteiger charge is -2.35. The van der Waals surface area contributed by atoms with Gasteiger partial charge in [0.1, 0.15) is 5.75 Å². The zero-order chi connectivity index (χ0) is 20.8. The Morgan fingerprint density at radius 2 is 2.10 bits per heavy atom. The number of amides is 1. The standard InChI is InChI=1S/C23H25N3O2S2/c1-28-21-10-4-3-9-20(21)26-12-6-7-17(13-26)25-23(27)19-8-2-5-11-22(19)30-15-18-14-29-16-24-18/h2-5,8-11,14,16-17H,6-7,12-13,15H2,1H3,(H,25,27). The van der Waals surface area contributed by atoms with Crippen LogP contribution in [0, 0.1) is 0 Å². The molecular weight excluding hydrogens is 414 g/mol. The van der Waals surface area contributed by atoms with Crippen molar-refractivity contribution >= 4 is 34.7 Å². The maximum Gasteiger partial charge on any atom is 0.252 e. The predicted octanol–water partition coefficient (Wildman–Crippen LogP) is 4.84. The van der Waals surface area contributed by atoms with Crippen molar-refractivity contribution in [2.75, 3.05) is 25.1 Å². The van der Waals surface area contributed by atoms with Gasteiger partial charge in [0.15, 0.2) is 0 Å². The number of ether oxygens (including phenoxy) is 1. The van der Waals surface area contributed by atoms with Gasteiger partial charge >= 0.3 is 0 Å². The van der Waals surface area contributed by atoms with Crippen molar-refractivity contribution in [1.29, 1.82) is 0 Å². The first-order valence-electron chi connectivity index (χ1n) is 10.0. The fraction of sp³-hybridized carbons (Fsp3) is 0.304. The number of hydrogen-bond donors (Lipinski definition) is 1. The molecule has 0 bridgehead atoms. The monoisotopic (exact) mass is 439 g/mol. The van der Waals surface area contributed by atoms with Crippen LogP contribution in [0.15, 0.2) is 64.3 Å². The second-order valence-electron chi connectivity index (χ2n) is 7.20. The van der Waals surface area contributed by atoms with Crippen molar-refractivity contribution in [2.24, 2.45) is 0 Å². The van der Waals surface area contributed by atoms with Gasteiger partial charge in [-0.1, -0.05) is 24.3 Å². The van der Waals surface area contributed by atoms with E-state index in [1.54, 1.807) is 30.2 Å². The van der Waals surface area contributed by atoms with Crippen LogP contribution in [-0.2, 0) is 5.75 Å². The van der Waals surface area contributed by atoms with Gasteiger partial charge in [-0.3, -0.25) is 4.79 Å². The highest BCUT2D eigenvalue weighted by molar-refractivity contribution is 7.98. The van der Waals surface area contributed by atoms with Gasteiger partial charge in [-0.15, -0.1) is 23.1 Å². The second-order valence-corrected chi connectivity index (χ2v) is 8.93. The molecule has 0 spiro atoms.